The van der Waals surface area contributed by atoms with Crippen molar-refractivity contribution in [3.8, 4) is 5.75 Å². The van der Waals surface area contributed by atoms with E-state index in [4.69, 9.17) is 13.8 Å². The molecule has 2 aromatic carbocycles. The number of benzene rings is 2. The van der Waals surface area contributed by atoms with E-state index < -0.39 is 13.4 Å². The minimum Gasteiger partial charge on any atom is -0.497 e. The second-order valence-corrected chi connectivity index (χ2v) is 8.05. The summed E-state index contributed by atoms with van der Waals surface area (Å²) in [6.07, 6.45) is 1.86. The van der Waals surface area contributed by atoms with Crippen LogP contribution in [0, 0.1) is 0 Å². The van der Waals surface area contributed by atoms with E-state index >= 15 is 0 Å². The summed E-state index contributed by atoms with van der Waals surface area (Å²) in [4.78, 5) is 3.24. The fraction of sp³-hybridized carbons (Fsp3) is 0.300. The number of aromatic amines is 1. The topological polar surface area (TPSA) is 72.6 Å². The highest BCUT2D eigenvalue weighted by molar-refractivity contribution is 7.54. The molecule has 0 aliphatic rings. The van der Waals surface area contributed by atoms with Crippen LogP contribution in [0.15, 0.2) is 54.7 Å². The Bertz CT molecular complexity index is 913. The summed E-state index contributed by atoms with van der Waals surface area (Å²) < 4.78 is 30.2. The third-order valence-electron chi connectivity index (χ3n) is 4.24. The van der Waals surface area contributed by atoms with Crippen molar-refractivity contribution in [2.75, 3.05) is 25.6 Å². The van der Waals surface area contributed by atoms with Gasteiger partial charge in [-0.25, -0.2) is 0 Å². The molecule has 1 heterocycles. The van der Waals surface area contributed by atoms with Gasteiger partial charge in [0.05, 0.1) is 20.3 Å². The second kappa shape index (κ2) is 8.61. The highest BCUT2D eigenvalue weighted by atomic mass is 31.2. The molecule has 1 aromatic heterocycles. The number of aromatic nitrogens is 1. The number of fused-ring (bicyclic) bond motifs is 1. The number of methoxy groups -OCH3 is 1. The number of hydrogen-bond acceptors (Lipinski definition) is 5. The number of anilines is 1. The molecule has 2 N–H and O–H groups in total. The van der Waals surface area contributed by atoms with E-state index in [1.165, 1.54) is 0 Å². The zero-order chi connectivity index (χ0) is 19.3. The highest BCUT2D eigenvalue weighted by Gasteiger charge is 2.38. The number of ether oxygens (including phenoxy) is 1. The Kier molecular flexibility index (Phi) is 6.22. The van der Waals surface area contributed by atoms with E-state index in [2.05, 4.69) is 10.3 Å². The Balaban J connectivity index is 2.06. The number of hydrogen-bond donors (Lipinski definition) is 2. The van der Waals surface area contributed by atoms with E-state index in [0.29, 0.717) is 13.2 Å². The summed E-state index contributed by atoms with van der Waals surface area (Å²) in [5.74, 6) is 0.101. The standard InChI is InChI=1S/C20H25N2O4P/c1-4-25-27(23,26-5-2)20(22-15-10-12-16(24-3)13-11-15)18-14-21-19-9-7-6-8-17(18)19/h6-14,20-22H,4-5H2,1-3H3/t20-/m1/s1. The lowest BCUT2D eigenvalue weighted by Crippen LogP contribution is -2.15. The van der Waals surface area contributed by atoms with E-state index in [9.17, 15) is 4.57 Å². The van der Waals surface area contributed by atoms with Crippen molar-refractivity contribution in [2.24, 2.45) is 0 Å². The van der Waals surface area contributed by atoms with Gasteiger partial charge in [0.2, 0.25) is 0 Å². The Morgan fingerprint density at radius 3 is 2.33 bits per heavy atom. The fourth-order valence-corrected chi connectivity index (χ4v) is 4.99. The van der Waals surface area contributed by atoms with Crippen molar-refractivity contribution in [1.82, 2.24) is 4.98 Å². The van der Waals surface area contributed by atoms with Gasteiger partial charge in [0.25, 0.3) is 0 Å². The van der Waals surface area contributed by atoms with Gasteiger partial charge in [-0.15, -0.1) is 0 Å². The van der Waals surface area contributed by atoms with Crippen molar-refractivity contribution < 1.29 is 18.3 Å². The number of H-pyrrole nitrogens is 1. The van der Waals surface area contributed by atoms with Crippen LogP contribution in [0.5, 0.6) is 5.75 Å². The Labute approximate surface area is 159 Å². The first-order chi connectivity index (χ1) is 13.1. The smallest absolute Gasteiger partial charge is 0.357 e. The Morgan fingerprint density at radius 1 is 1.04 bits per heavy atom. The molecule has 27 heavy (non-hydrogen) atoms. The molecule has 0 radical (unpaired) electrons. The van der Waals surface area contributed by atoms with Crippen LogP contribution < -0.4 is 10.1 Å². The molecule has 0 aliphatic carbocycles. The van der Waals surface area contributed by atoms with Crippen LogP contribution in [0.3, 0.4) is 0 Å². The molecule has 0 aliphatic heterocycles. The molecular weight excluding hydrogens is 363 g/mol. The monoisotopic (exact) mass is 388 g/mol. The van der Waals surface area contributed by atoms with Crippen LogP contribution in [-0.2, 0) is 13.6 Å². The Hall–Kier alpha value is -2.27. The lowest BCUT2D eigenvalue weighted by molar-refractivity contribution is 0.214. The zero-order valence-electron chi connectivity index (χ0n) is 15.8. The quantitative estimate of drug-likeness (QED) is 0.470. The van der Waals surface area contributed by atoms with Gasteiger partial charge in [0, 0.05) is 28.4 Å². The molecule has 0 amide bonds. The maximum atomic E-state index is 13.6. The highest BCUT2D eigenvalue weighted by Crippen LogP contribution is 2.61. The molecule has 0 unspecified atom stereocenters. The predicted molar refractivity (Wildman–Crippen MR) is 109 cm³/mol. The molecule has 0 spiro atoms. The third kappa shape index (κ3) is 4.19. The van der Waals surface area contributed by atoms with Crippen molar-refractivity contribution in [1.29, 1.82) is 0 Å². The summed E-state index contributed by atoms with van der Waals surface area (Å²) in [7, 11) is -1.85. The summed E-state index contributed by atoms with van der Waals surface area (Å²) in [6.45, 7) is 4.21. The SMILES string of the molecule is CCOP(=O)(OCC)[C@@H](Nc1ccc(OC)cc1)c1c[nH]c2ccccc12. The average Bonchev–Trinajstić information content (AvgIpc) is 3.10. The van der Waals surface area contributed by atoms with Crippen molar-refractivity contribution in [2.45, 2.75) is 19.6 Å². The van der Waals surface area contributed by atoms with E-state index in [0.717, 1.165) is 27.9 Å². The molecule has 3 rings (SSSR count). The lowest BCUT2D eigenvalue weighted by atomic mass is 10.1. The first kappa shape index (κ1) is 19.5. The number of rotatable bonds is 9. The van der Waals surface area contributed by atoms with E-state index in [1.807, 2.05) is 68.6 Å². The second-order valence-electron chi connectivity index (χ2n) is 5.94. The first-order valence-electron chi connectivity index (χ1n) is 8.96. The maximum absolute atomic E-state index is 13.6. The van der Waals surface area contributed by atoms with E-state index in [1.54, 1.807) is 7.11 Å². The summed E-state index contributed by atoms with van der Waals surface area (Å²) >= 11 is 0. The summed E-state index contributed by atoms with van der Waals surface area (Å²) in [5.41, 5.74) is 2.60. The minimum atomic E-state index is -3.47. The lowest BCUT2D eigenvalue weighted by Gasteiger charge is -2.28. The fourth-order valence-electron chi connectivity index (χ4n) is 3.04. The van der Waals surface area contributed by atoms with E-state index in [-0.39, 0.29) is 0 Å². The maximum Gasteiger partial charge on any atom is 0.357 e. The van der Waals surface area contributed by atoms with Gasteiger partial charge >= 0.3 is 7.60 Å². The summed E-state index contributed by atoms with van der Waals surface area (Å²) in [5, 5.41) is 4.32. The van der Waals surface area contributed by atoms with Gasteiger partial charge in [0.1, 0.15) is 5.75 Å². The van der Waals surface area contributed by atoms with Crippen LogP contribution in [0.1, 0.15) is 25.2 Å². The van der Waals surface area contributed by atoms with Gasteiger partial charge < -0.3 is 24.1 Å². The molecule has 0 bridgehead atoms. The van der Waals surface area contributed by atoms with Crippen LogP contribution in [0.4, 0.5) is 5.69 Å². The van der Waals surface area contributed by atoms with Gasteiger partial charge in [-0.2, -0.15) is 0 Å². The zero-order valence-corrected chi connectivity index (χ0v) is 16.7. The molecular formula is C20H25N2O4P. The molecule has 144 valence electrons. The van der Waals surface area contributed by atoms with Crippen LogP contribution >= 0.6 is 7.60 Å². The largest absolute Gasteiger partial charge is 0.497 e. The number of nitrogens with one attached hydrogen (secondary N) is 2. The van der Waals surface area contributed by atoms with Crippen LogP contribution in [-0.4, -0.2) is 25.3 Å². The molecule has 0 saturated carbocycles. The molecule has 7 heteroatoms. The molecule has 6 nitrogen and oxygen atoms in total. The molecule has 0 fully saturated rings. The molecule has 3 aromatic rings. The third-order valence-corrected chi connectivity index (χ3v) is 6.52. The van der Waals surface area contributed by atoms with Crippen LogP contribution in [0.25, 0.3) is 10.9 Å². The van der Waals surface area contributed by atoms with Crippen molar-refractivity contribution in [3.05, 3.63) is 60.3 Å². The minimum absolute atomic E-state index is 0.292. The molecule has 0 saturated heterocycles. The first-order valence-corrected chi connectivity index (χ1v) is 10.6. The average molecular weight is 388 g/mol. The normalized spacial score (nSPS) is 12.9. The molecule has 1 atom stereocenters. The van der Waals surface area contributed by atoms with Crippen molar-refractivity contribution in [3.63, 3.8) is 0 Å². The van der Waals surface area contributed by atoms with Gasteiger partial charge in [-0.1, -0.05) is 18.2 Å². The van der Waals surface area contributed by atoms with Gasteiger partial charge in [-0.05, 0) is 44.2 Å². The van der Waals surface area contributed by atoms with Gasteiger partial charge in [0.15, 0.2) is 5.78 Å². The predicted octanol–water partition coefficient (Wildman–Crippen LogP) is 5.55. The number of para-hydroxylation sites is 1. The Morgan fingerprint density at radius 2 is 1.70 bits per heavy atom. The van der Waals surface area contributed by atoms with Gasteiger partial charge in [-0.3, -0.25) is 4.57 Å². The van der Waals surface area contributed by atoms with Crippen molar-refractivity contribution >= 4 is 24.2 Å². The van der Waals surface area contributed by atoms with Crippen LogP contribution in [0.2, 0.25) is 0 Å². The summed E-state index contributed by atoms with van der Waals surface area (Å²) in [6, 6.07) is 15.3.